The number of hydrogen-bond acceptors (Lipinski definition) is 1. The van der Waals surface area contributed by atoms with Crippen LogP contribution in [-0.2, 0) is 4.79 Å². The van der Waals surface area contributed by atoms with Gasteiger partial charge in [-0.1, -0.05) is 41.5 Å². The van der Waals surface area contributed by atoms with Crippen molar-refractivity contribution in [3.8, 4) is 0 Å². The molecule has 0 aliphatic heterocycles. The van der Waals surface area contributed by atoms with Crippen molar-refractivity contribution in [2.75, 3.05) is 0 Å². The SMILES string of the molecule is CC(C)(C)[C@H]1C(=O)[C@@H]1C(C)(C)C. The van der Waals surface area contributed by atoms with E-state index in [1.807, 2.05) is 0 Å². The van der Waals surface area contributed by atoms with Crippen LogP contribution in [0.15, 0.2) is 0 Å². The maximum atomic E-state index is 11.5. The molecular weight excluding hydrogens is 148 g/mol. The lowest BCUT2D eigenvalue weighted by Gasteiger charge is -2.22. The molecule has 0 unspecified atom stereocenters. The fraction of sp³-hybridized carbons (Fsp3) is 0.909. The number of Topliss-reactive ketones (excluding diaryl/α,β-unsaturated/α-hetero) is 1. The van der Waals surface area contributed by atoms with Crippen LogP contribution in [0.1, 0.15) is 41.5 Å². The minimum absolute atomic E-state index is 0.162. The van der Waals surface area contributed by atoms with Crippen molar-refractivity contribution in [3.05, 3.63) is 0 Å². The summed E-state index contributed by atoms with van der Waals surface area (Å²) in [6, 6.07) is 0. The summed E-state index contributed by atoms with van der Waals surface area (Å²) in [5.41, 5.74) is 0.323. The minimum atomic E-state index is 0.162. The van der Waals surface area contributed by atoms with E-state index in [9.17, 15) is 4.79 Å². The molecule has 2 atom stereocenters. The molecule has 0 radical (unpaired) electrons. The highest BCUT2D eigenvalue weighted by atomic mass is 16.1. The Balaban J connectivity index is 2.73. The predicted octanol–water partition coefficient (Wildman–Crippen LogP) is 2.89. The second kappa shape index (κ2) is 2.34. The van der Waals surface area contributed by atoms with Gasteiger partial charge in [-0.25, -0.2) is 0 Å². The Labute approximate surface area is 75.5 Å². The van der Waals surface area contributed by atoms with Gasteiger partial charge in [-0.2, -0.15) is 0 Å². The highest BCUT2D eigenvalue weighted by molar-refractivity contribution is 6.00. The van der Waals surface area contributed by atoms with Gasteiger partial charge in [-0.3, -0.25) is 4.79 Å². The third-order valence-corrected chi connectivity index (χ3v) is 2.70. The average Bonchev–Trinajstić information content (AvgIpc) is 2.35. The topological polar surface area (TPSA) is 17.1 Å². The summed E-state index contributed by atoms with van der Waals surface area (Å²) < 4.78 is 0. The molecule has 1 saturated carbocycles. The molecule has 0 spiro atoms. The summed E-state index contributed by atoms with van der Waals surface area (Å²) in [4.78, 5) is 11.5. The summed E-state index contributed by atoms with van der Waals surface area (Å²) in [6.45, 7) is 12.9. The van der Waals surface area contributed by atoms with E-state index in [4.69, 9.17) is 0 Å². The highest BCUT2D eigenvalue weighted by Gasteiger charge is 2.59. The molecule has 70 valence electrons. The number of ketones is 1. The van der Waals surface area contributed by atoms with Crippen LogP contribution in [0.3, 0.4) is 0 Å². The summed E-state index contributed by atoms with van der Waals surface area (Å²) in [5, 5.41) is 0. The Morgan fingerprint density at radius 2 is 1.08 bits per heavy atom. The zero-order chi connectivity index (χ0) is 9.73. The van der Waals surface area contributed by atoms with Crippen LogP contribution < -0.4 is 0 Å². The summed E-state index contributed by atoms with van der Waals surface area (Å²) in [5.74, 6) is 1.07. The van der Waals surface area contributed by atoms with E-state index in [1.165, 1.54) is 0 Å². The molecule has 12 heavy (non-hydrogen) atoms. The number of rotatable bonds is 0. The van der Waals surface area contributed by atoms with Crippen molar-refractivity contribution >= 4 is 5.78 Å². The molecule has 1 nitrogen and oxygen atoms in total. The van der Waals surface area contributed by atoms with Gasteiger partial charge in [0.05, 0.1) is 0 Å². The molecule has 1 fully saturated rings. The van der Waals surface area contributed by atoms with Crippen molar-refractivity contribution in [1.29, 1.82) is 0 Å². The zero-order valence-electron chi connectivity index (χ0n) is 9.06. The first-order chi connectivity index (χ1) is 5.15. The van der Waals surface area contributed by atoms with E-state index in [-0.39, 0.29) is 10.8 Å². The zero-order valence-corrected chi connectivity index (χ0v) is 9.06. The van der Waals surface area contributed by atoms with Crippen LogP contribution in [0.4, 0.5) is 0 Å². The summed E-state index contributed by atoms with van der Waals surface area (Å²) >= 11 is 0. The van der Waals surface area contributed by atoms with E-state index in [2.05, 4.69) is 41.5 Å². The van der Waals surface area contributed by atoms with Crippen molar-refractivity contribution in [2.45, 2.75) is 41.5 Å². The molecular formula is C11H20O. The van der Waals surface area contributed by atoms with E-state index >= 15 is 0 Å². The first kappa shape index (κ1) is 9.76. The second-order valence-corrected chi connectivity index (χ2v) is 6.09. The fourth-order valence-corrected chi connectivity index (χ4v) is 2.09. The van der Waals surface area contributed by atoms with E-state index in [0.29, 0.717) is 17.6 Å². The first-order valence-corrected chi connectivity index (χ1v) is 4.69. The molecule has 0 aromatic heterocycles. The molecule has 0 N–H and O–H groups in total. The van der Waals surface area contributed by atoms with E-state index in [1.54, 1.807) is 0 Å². The smallest absolute Gasteiger partial charge is 0.141 e. The Bertz CT molecular complexity index is 180. The van der Waals surface area contributed by atoms with Crippen molar-refractivity contribution in [3.63, 3.8) is 0 Å². The second-order valence-electron chi connectivity index (χ2n) is 6.09. The van der Waals surface area contributed by atoms with Crippen LogP contribution in [0.25, 0.3) is 0 Å². The standard InChI is InChI=1S/C11H20O/c1-10(2,3)7-8(9(7)12)11(4,5)6/h7-8H,1-6H3/t7-,8-/m1/s1. The molecule has 0 heterocycles. The Morgan fingerprint density at radius 3 is 1.17 bits per heavy atom. The van der Waals surface area contributed by atoms with Crippen LogP contribution in [0.2, 0.25) is 0 Å². The Hall–Kier alpha value is -0.330. The summed E-state index contributed by atoms with van der Waals surface area (Å²) in [6.07, 6.45) is 0. The minimum Gasteiger partial charge on any atom is -0.299 e. The largest absolute Gasteiger partial charge is 0.299 e. The monoisotopic (exact) mass is 168 g/mol. The van der Waals surface area contributed by atoms with Crippen molar-refractivity contribution < 1.29 is 4.79 Å². The third kappa shape index (κ3) is 1.55. The van der Waals surface area contributed by atoms with Gasteiger partial charge in [0.2, 0.25) is 0 Å². The van der Waals surface area contributed by atoms with E-state index in [0.717, 1.165) is 0 Å². The lowest BCUT2D eigenvalue weighted by Crippen LogP contribution is -2.16. The molecule has 1 aliphatic rings. The van der Waals surface area contributed by atoms with Crippen molar-refractivity contribution in [1.82, 2.24) is 0 Å². The molecule has 0 aromatic carbocycles. The van der Waals surface area contributed by atoms with Crippen LogP contribution in [0.5, 0.6) is 0 Å². The van der Waals surface area contributed by atoms with Gasteiger partial charge in [0.15, 0.2) is 0 Å². The number of carbonyl (C=O) groups excluding carboxylic acids is 1. The molecule has 1 aliphatic carbocycles. The van der Waals surface area contributed by atoms with Gasteiger partial charge in [0.1, 0.15) is 5.78 Å². The predicted molar refractivity (Wildman–Crippen MR) is 50.9 cm³/mol. The van der Waals surface area contributed by atoms with Crippen molar-refractivity contribution in [2.24, 2.45) is 22.7 Å². The third-order valence-electron chi connectivity index (χ3n) is 2.70. The maximum Gasteiger partial charge on any atom is 0.141 e. The maximum absolute atomic E-state index is 11.5. The first-order valence-electron chi connectivity index (χ1n) is 4.69. The highest BCUT2D eigenvalue weighted by Crippen LogP contribution is 2.54. The Kier molecular flexibility index (Phi) is 1.90. The van der Waals surface area contributed by atoms with Gasteiger partial charge in [-0.05, 0) is 10.8 Å². The fourth-order valence-electron chi connectivity index (χ4n) is 2.09. The molecule has 0 amide bonds. The number of carbonyl (C=O) groups is 1. The molecule has 0 aromatic rings. The van der Waals surface area contributed by atoms with Crippen LogP contribution >= 0.6 is 0 Å². The lowest BCUT2D eigenvalue weighted by molar-refractivity contribution is -0.113. The summed E-state index contributed by atoms with van der Waals surface area (Å²) in [7, 11) is 0. The molecule has 0 saturated heterocycles. The van der Waals surface area contributed by atoms with Gasteiger partial charge in [0, 0.05) is 11.8 Å². The van der Waals surface area contributed by atoms with Gasteiger partial charge in [-0.15, -0.1) is 0 Å². The van der Waals surface area contributed by atoms with Crippen LogP contribution in [0, 0.1) is 22.7 Å². The van der Waals surface area contributed by atoms with E-state index < -0.39 is 0 Å². The average molecular weight is 168 g/mol. The van der Waals surface area contributed by atoms with Crippen LogP contribution in [-0.4, -0.2) is 5.78 Å². The molecule has 1 heteroatoms. The normalized spacial score (nSPS) is 30.7. The number of hydrogen-bond donors (Lipinski definition) is 0. The Morgan fingerprint density at radius 1 is 0.833 bits per heavy atom. The van der Waals surface area contributed by atoms with Gasteiger partial charge < -0.3 is 0 Å². The molecule has 1 rings (SSSR count). The molecule has 0 bridgehead atoms. The van der Waals surface area contributed by atoms with Gasteiger partial charge in [0.25, 0.3) is 0 Å². The van der Waals surface area contributed by atoms with Gasteiger partial charge >= 0.3 is 0 Å². The quantitative estimate of drug-likeness (QED) is 0.543. The lowest BCUT2D eigenvalue weighted by atomic mass is 9.81.